The topological polar surface area (TPSA) is 43.6 Å². The highest BCUT2D eigenvalue weighted by atomic mass is 127. The van der Waals surface area contributed by atoms with E-state index in [1.165, 1.54) is 0 Å². The Morgan fingerprint density at radius 3 is 2.62 bits per heavy atom. The van der Waals surface area contributed by atoms with E-state index in [2.05, 4.69) is 61.0 Å². The molecule has 2 aromatic rings. The molecule has 0 unspecified atom stereocenters. The summed E-state index contributed by atoms with van der Waals surface area (Å²) < 4.78 is 2.78. The molecule has 6 heteroatoms. The van der Waals surface area contributed by atoms with Gasteiger partial charge in [-0.05, 0) is 39.1 Å². The first-order valence-corrected chi connectivity index (χ1v) is 5.53. The maximum atomic E-state index is 3.94. The fourth-order valence-corrected chi connectivity index (χ4v) is 2.04. The molecule has 0 saturated carbocycles. The first-order valence-electron chi connectivity index (χ1n) is 3.48. The summed E-state index contributed by atoms with van der Waals surface area (Å²) in [4.78, 5) is 0. The van der Waals surface area contributed by atoms with E-state index in [0.29, 0.717) is 0 Å². The van der Waals surface area contributed by atoms with Gasteiger partial charge in [0.25, 0.3) is 0 Å². The molecule has 0 bridgehead atoms. The Labute approximate surface area is 102 Å². The van der Waals surface area contributed by atoms with Crippen molar-refractivity contribution in [3.63, 3.8) is 0 Å². The third-order valence-corrected chi connectivity index (χ3v) is 3.14. The predicted molar refractivity (Wildman–Crippen MR) is 65.4 cm³/mol. The van der Waals surface area contributed by atoms with Gasteiger partial charge in [-0.25, -0.2) is 0 Å². The maximum Gasteiger partial charge on any atom is 0.193 e. The second-order valence-corrected chi connectivity index (χ2v) is 4.42. The number of tetrazole rings is 1. The van der Waals surface area contributed by atoms with Gasteiger partial charge in [0.2, 0.25) is 0 Å². The van der Waals surface area contributed by atoms with Crippen LogP contribution in [0, 0.1) is 3.57 Å². The first-order chi connectivity index (χ1) is 6.29. The van der Waals surface area contributed by atoms with E-state index >= 15 is 0 Å². The zero-order chi connectivity index (χ0) is 9.26. The summed E-state index contributed by atoms with van der Waals surface area (Å²) in [5.74, 6) is 0.783. The van der Waals surface area contributed by atoms with Crippen LogP contribution in [0.5, 0.6) is 0 Å². The Balaban J connectivity index is 2.59. The summed E-state index contributed by atoms with van der Waals surface area (Å²) in [7, 11) is 0. The Bertz CT molecular complexity index is 426. The average molecular weight is 398 g/mol. The van der Waals surface area contributed by atoms with E-state index in [1.54, 1.807) is 2.90 Å². The minimum Gasteiger partial charge on any atom is -0.163 e. The minimum absolute atomic E-state index is 0.783. The third kappa shape index (κ3) is 1.82. The molecule has 0 aliphatic carbocycles. The van der Waals surface area contributed by atoms with Crippen molar-refractivity contribution in [3.05, 3.63) is 27.8 Å². The standard InChI is InChI=1S/C7H4I2N4/c8-6-4-2-1-3-5(6)7-10-11-12-13(7)9/h1-4H. The van der Waals surface area contributed by atoms with Gasteiger partial charge in [-0.2, -0.15) is 2.90 Å². The van der Waals surface area contributed by atoms with Crippen LogP contribution in [0.2, 0.25) is 0 Å². The normalized spacial score (nSPS) is 10.3. The number of hydrogen-bond donors (Lipinski definition) is 0. The van der Waals surface area contributed by atoms with E-state index in [-0.39, 0.29) is 0 Å². The average Bonchev–Trinajstić information content (AvgIpc) is 2.52. The lowest BCUT2D eigenvalue weighted by Crippen LogP contribution is -1.89. The number of rotatable bonds is 1. The fraction of sp³-hybridized carbons (Fsp3) is 0. The van der Waals surface area contributed by atoms with Gasteiger partial charge in [-0.3, -0.25) is 0 Å². The molecule has 0 saturated heterocycles. The lowest BCUT2D eigenvalue weighted by atomic mass is 10.2. The Morgan fingerprint density at radius 1 is 1.23 bits per heavy atom. The Hall–Kier alpha value is -0.250. The lowest BCUT2D eigenvalue weighted by molar-refractivity contribution is 0.870. The van der Waals surface area contributed by atoms with Crippen molar-refractivity contribution in [2.75, 3.05) is 0 Å². The molecule has 0 amide bonds. The molecule has 1 aromatic carbocycles. The molecule has 0 aliphatic heterocycles. The van der Waals surface area contributed by atoms with Crippen molar-refractivity contribution in [1.82, 2.24) is 18.4 Å². The number of aromatic nitrogens is 4. The van der Waals surface area contributed by atoms with Gasteiger partial charge in [0, 0.05) is 9.13 Å². The highest BCUT2D eigenvalue weighted by Gasteiger charge is 2.08. The summed E-state index contributed by atoms with van der Waals surface area (Å²) in [6, 6.07) is 8.00. The van der Waals surface area contributed by atoms with Crippen molar-refractivity contribution in [3.8, 4) is 11.4 Å². The molecular formula is C7H4I2N4. The Morgan fingerprint density at radius 2 is 2.00 bits per heavy atom. The summed E-state index contributed by atoms with van der Waals surface area (Å²) in [6.07, 6.45) is 0. The molecule has 13 heavy (non-hydrogen) atoms. The highest BCUT2D eigenvalue weighted by molar-refractivity contribution is 14.1. The van der Waals surface area contributed by atoms with Gasteiger partial charge in [0.1, 0.15) is 0 Å². The van der Waals surface area contributed by atoms with Crippen molar-refractivity contribution < 1.29 is 0 Å². The van der Waals surface area contributed by atoms with Gasteiger partial charge < -0.3 is 0 Å². The molecule has 0 atom stereocenters. The van der Waals surface area contributed by atoms with Crippen LogP contribution in [-0.2, 0) is 0 Å². The quantitative estimate of drug-likeness (QED) is 0.692. The lowest BCUT2D eigenvalue weighted by Gasteiger charge is -1.99. The monoisotopic (exact) mass is 398 g/mol. The molecule has 4 nitrogen and oxygen atoms in total. The van der Waals surface area contributed by atoms with Crippen LogP contribution in [0.3, 0.4) is 0 Å². The zero-order valence-corrected chi connectivity index (χ0v) is 10.7. The molecule has 0 radical (unpaired) electrons. The molecular weight excluding hydrogens is 394 g/mol. The summed E-state index contributed by atoms with van der Waals surface area (Å²) >= 11 is 4.32. The predicted octanol–water partition coefficient (Wildman–Crippen LogP) is 2.14. The molecule has 66 valence electrons. The second kappa shape index (κ2) is 3.86. The van der Waals surface area contributed by atoms with Crippen molar-refractivity contribution in [2.45, 2.75) is 0 Å². The molecule has 0 aliphatic rings. The highest BCUT2D eigenvalue weighted by Crippen LogP contribution is 2.22. The summed E-state index contributed by atoms with van der Waals surface area (Å²) in [5.41, 5.74) is 1.06. The van der Waals surface area contributed by atoms with E-state index in [1.807, 2.05) is 24.3 Å². The minimum atomic E-state index is 0.783. The smallest absolute Gasteiger partial charge is 0.163 e. The van der Waals surface area contributed by atoms with Crippen molar-refractivity contribution in [2.24, 2.45) is 0 Å². The van der Waals surface area contributed by atoms with Crippen LogP contribution in [0.4, 0.5) is 0 Å². The second-order valence-electron chi connectivity index (χ2n) is 2.34. The van der Waals surface area contributed by atoms with E-state index in [9.17, 15) is 0 Å². The van der Waals surface area contributed by atoms with Crippen LogP contribution in [0.15, 0.2) is 24.3 Å². The van der Waals surface area contributed by atoms with Gasteiger partial charge in [-0.1, -0.05) is 18.2 Å². The number of hydrogen-bond acceptors (Lipinski definition) is 3. The van der Waals surface area contributed by atoms with Crippen molar-refractivity contribution in [1.29, 1.82) is 0 Å². The first kappa shape index (κ1) is 9.31. The molecule has 1 heterocycles. The van der Waals surface area contributed by atoms with Gasteiger partial charge in [0.15, 0.2) is 5.82 Å². The van der Waals surface area contributed by atoms with Gasteiger partial charge in [0.05, 0.1) is 22.9 Å². The van der Waals surface area contributed by atoms with Crippen molar-refractivity contribution >= 4 is 45.5 Å². The molecule has 1 aromatic heterocycles. The third-order valence-electron chi connectivity index (χ3n) is 1.55. The van der Waals surface area contributed by atoms with E-state index < -0.39 is 0 Å². The van der Waals surface area contributed by atoms with E-state index in [0.717, 1.165) is 15.0 Å². The fourth-order valence-electron chi connectivity index (χ4n) is 0.973. The van der Waals surface area contributed by atoms with Crippen LogP contribution in [-0.4, -0.2) is 18.4 Å². The maximum absolute atomic E-state index is 3.94. The molecule has 0 spiro atoms. The van der Waals surface area contributed by atoms with Crippen LogP contribution < -0.4 is 0 Å². The molecule has 0 N–H and O–H groups in total. The van der Waals surface area contributed by atoms with Gasteiger partial charge in [-0.15, -0.1) is 5.10 Å². The Kier molecular flexibility index (Phi) is 2.77. The van der Waals surface area contributed by atoms with Crippen LogP contribution in [0.1, 0.15) is 0 Å². The van der Waals surface area contributed by atoms with Gasteiger partial charge >= 0.3 is 0 Å². The molecule has 0 fully saturated rings. The SMILES string of the molecule is Ic1ccccc1-c1nnnn1I. The number of halogens is 2. The summed E-state index contributed by atoms with van der Waals surface area (Å²) in [5, 5.41) is 11.3. The molecule has 2 rings (SSSR count). The number of nitrogens with zero attached hydrogens (tertiary/aromatic N) is 4. The van der Waals surface area contributed by atoms with Crippen LogP contribution >= 0.6 is 45.5 Å². The zero-order valence-electron chi connectivity index (χ0n) is 6.35. The number of benzene rings is 1. The van der Waals surface area contributed by atoms with E-state index in [4.69, 9.17) is 0 Å². The largest absolute Gasteiger partial charge is 0.193 e. The summed E-state index contributed by atoms with van der Waals surface area (Å²) in [6.45, 7) is 0. The van der Waals surface area contributed by atoms with Crippen LogP contribution in [0.25, 0.3) is 11.4 Å².